The molecule has 1 aromatic heterocycles. The highest BCUT2D eigenvalue weighted by Crippen LogP contribution is 2.21. The van der Waals surface area contributed by atoms with Crippen molar-refractivity contribution in [3.05, 3.63) is 64.5 Å². The summed E-state index contributed by atoms with van der Waals surface area (Å²) in [4.78, 5) is 16.5. The maximum Gasteiger partial charge on any atom is 0.227 e. The van der Waals surface area contributed by atoms with E-state index in [1.165, 1.54) is 0 Å². The van der Waals surface area contributed by atoms with Crippen LogP contribution in [0.5, 0.6) is 0 Å². The highest BCUT2D eigenvalue weighted by atomic mass is 35.5. The van der Waals surface area contributed by atoms with Gasteiger partial charge in [-0.25, -0.2) is 0 Å². The van der Waals surface area contributed by atoms with Crippen LogP contribution in [0.4, 0.5) is 5.69 Å². The first-order valence-electron chi connectivity index (χ1n) is 7.97. The molecule has 6 heteroatoms. The highest BCUT2D eigenvalue weighted by Gasteiger charge is 2.12. The molecule has 0 atom stereocenters. The molecule has 0 unspecified atom stereocenters. The molecule has 0 saturated heterocycles. The molecule has 1 amide bonds. The van der Waals surface area contributed by atoms with Gasteiger partial charge in [-0.2, -0.15) is 4.98 Å². The van der Waals surface area contributed by atoms with E-state index in [1.807, 2.05) is 44.2 Å². The lowest BCUT2D eigenvalue weighted by atomic mass is 10.1. The molecule has 2 aromatic carbocycles. The number of carbonyl (C=O) groups excluding carboxylic acids is 1. The lowest BCUT2D eigenvalue weighted by Crippen LogP contribution is -2.14. The fraction of sp³-hybridized carbons (Fsp3) is 0.211. The smallest absolute Gasteiger partial charge is 0.227 e. The molecule has 0 bridgehead atoms. The molecule has 0 saturated carbocycles. The number of aryl methyl sites for hydroxylation is 3. The summed E-state index contributed by atoms with van der Waals surface area (Å²) in [5.41, 5.74) is 3.76. The molecule has 1 N–H and O–H groups in total. The average molecular weight is 356 g/mol. The van der Waals surface area contributed by atoms with Crippen LogP contribution in [0.1, 0.15) is 23.4 Å². The number of carbonyl (C=O) groups is 1. The van der Waals surface area contributed by atoms with E-state index >= 15 is 0 Å². The van der Waals surface area contributed by atoms with Crippen molar-refractivity contribution in [3.63, 3.8) is 0 Å². The average Bonchev–Trinajstić information content (AvgIpc) is 3.06. The first-order valence-corrected chi connectivity index (χ1v) is 8.35. The lowest BCUT2D eigenvalue weighted by Gasteiger charge is -2.10. The summed E-state index contributed by atoms with van der Waals surface area (Å²) in [6, 6.07) is 13.1. The van der Waals surface area contributed by atoms with Gasteiger partial charge in [-0.1, -0.05) is 35.0 Å². The number of halogens is 1. The molecule has 0 spiro atoms. The fourth-order valence-corrected chi connectivity index (χ4v) is 2.63. The van der Waals surface area contributed by atoms with Gasteiger partial charge in [-0.3, -0.25) is 4.79 Å². The second kappa shape index (κ2) is 7.49. The minimum absolute atomic E-state index is 0.0800. The SMILES string of the molecule is Cc1cccc(C)c1NC(=O)CCc1nc(-c2ccc(Cl)cc2)no1. The molecule has 3 rings (SSSR count). The zero-order chi connectivity index (χ0) is 17.8. The van der Waals surface area contributed by atoms with Crippen molar-refractivity contribution in [3.8, 4) is 11.4 Å². The molecule has 0 fully saturated rings. The number of hydrogen-bond acceptors (Lipinski definition) is 4. The van der Waals surface area contributed by atoms with Crippen molar-refractivity contribution in [2.75, 3.05) is 5.32 Å². The zero-order valence-electron chi connectivity index (χ0n) is 14.0. The number of benzene rings is 2. The zero-order valence-corrected chi connectivity index (χ0v) is 14.8. The summed E-state index contributed by atoms with van der Waals surface area (Å²) < 4.78 is 5.22. The number of rotatable bonds is 5. The summed E-state index contributed by atoms with van der Waals surface area (Å²) in [6.07, 6.45) is 0.660. The van der Waals surface area contributed by atoms with Gasteiger partial charge >= 0.3 is 0 Å². The van der Waals surface area contributed by atoms with Gasteiger partial charge in [0.2, 0.25) is 17.6 Å². The van der Waals surface area contributed by atoms with Crippen molar-refractivity contribution in [1.29, 1.82) is 0 Å². The first kappa shape index (κ1) is 17.2. The molecule has 3 aromatic rings. The van der Waals surface area contributed by atoms with E-state index in [-0.39, 0.29) is 12.3 Å². The Bertz CT molecular complexity index is 868. The van der Waals surface area contributed by atoms with Gasteiger partial charge in [0, 0.05) is 29.1 Å². The molecular weight excluding hydrogens is 338 g/mol. The van der Waals surface area contributed by atoms with E-state index in [0.29, 0.717) is 23.2 Å². The van der Waals surface area contributed by atoms with E-state index in [4.69, 9.17) is 16.1 Å². The van der Waals surface area contributed by atoms with Crippen LogP contribution >= 0.6 is 11.6 Å². The second-order valence-electron chi connectivity index (χ2n) is 5.83. The van der Waals surface area contributed by atoms with Crippen molar-refractivity contribution < 1.29 is 9.32 Å². The normalized spacial score (nSPS) is 10.7. The lowest BCUT2D eigenvalue weighted by molar-refractivity contribution is -0.116. The van der Waals surface area contributed by atoms with Crippen LogP contribution in [0.2, 0.25) is 5.02 Å². The van der Waals surface area contributed by atoms with Crippen LogP contribution in [-0.4, -0.2) is 16.0 Å². The molecule has 0 aliphatic carbocycles. The topological polar surface area (TPSA) is 68.0 Å². The molecule has 0 radical (unpaired) electrons. The molecule has 1 heterocycles. The van der Waals surface area contributed by atoms with Gasteiger partial charge < -0.3 is 9.84 Å². The number of nitrogens with one attached hydrogen (secondary N) is 1. The third-order valence-corrected chi connectivity index (χ3v) is 4.13. The Morgan fingerprint density at radius 3 is 2.48 bits per heavy atom. The van der Waals surface area contributed by atoms with E-state index in [0.717, 1.165) is 22.4 Å². The summed E-state index contributed by atoms with van der Waals surface area (Å²) in [7, 11) is 0. The third-order valence-electron chi connectivity index (χ3n) is 3.88. The van der Waals surface area contributed by atoms with E-state index in [2.05, 4.69) is 15.5 Å². The Balaban J connectivity index is 1.60. The molecule has 5 nitrogen and oxygen atoms in total. The third kappa shape index (κ3) is 4.25. The Hall–Kier alpha value is -2.66. The van der Waals surface area contributed by atoms with Gasteiger partial charge in [0.25, 0.3) is 0 Å². The summed E-state index contributed by atoms with van der Waals surface area (Å²) >= 11 is 5.87. The van der Waals surface area contributed by atoms with Gasteiger partial charge in [0.1, 0.15) is 0 Å². The standard InChI is InChI=1S/C19H18ClN3O2/c1-12-4-3-5-13(2)18(12)21-16(24)10-11-17-22-19(23-25-17)14-6-8-15(20)9-7-14/h3-9H,10-11H2,1-2H3,(H,21,24). The van der Waals surface area contributed by atoms with Gasteiger partial charge in [-0.15, -0.1) is 0 Å². The van der Waals surface area contributed by atoms with Crippen LogP contribution < -0.4 is 5.32 Å². The van der Waals surface area contributed by atoms with Crippen molar-refractivity contribution in [2.24, 2.45) is 0 Å². The second-order valence-corrected chi connectivity index (χ2v) is 6.27. The van der Waals surface area contributed by atoms with Crippen LogP contribution in [-0.2, 0) is 11.2 Å². The first-order chi connectivity index (χ1) is 12.0. The Labute approximate surface area is 151 Å². The Morgan fingerprint density at radius 2 is 1.80 bits per heavy atom. The number of para-hydroxylation sites is 1. The van der Waals surface area contributed by atoms with E-state index < -0.39 is 0 Å². The molecule has 0 aliphatic rings. The summed E-state index contributed by atoms with van der Waals surface area (Å²) in [6.45, 7) is 3.94. The predicted octanol–water partition coefficient (Wildman–Crippen LogP) is 4.58. The molecular formula is C19H18ClN3O2. The number of anilines is 1. The molecule has 25 heavy (non-hydrogen) atoms. The predicted molar refractivity (Wildman–Crippen MR) is 97.6 cm³/mol. The highest BCUT2D eigenvalue weighted by molar-refractivity contribution is 6.30. The minimum atomic E-state index is -0.0800. The van der Waals surface area contributed by atoms with Gasteiger partial charge in [0.15, 0.2) is 0 Å². The number of amides is 1. The van der Waals surface area contributed by atoms with Crippen LogP contribution in [0.3, 0.4) is 0 Å². The maximum absolute atomic E-state index is 12.2. The van der Waals surface area contributed by atoms with Crippen molar-refractivity contribution in [2.45, 2.75) is 26.7 Å². The van der Waals surface area contributed by atoms with Crippen molar-refractivity contribution in [1.82, 2.24) is 10.1 Å². The molecule has 0 aliphatic heterocycles. The fourth-order valence-electron chi connectivity index (χ4n) is 2.51. The van der Waals surface area contributed by atoms with Crippen LogP contribution in [0.25, 0.3) is 11.4 Å². The minimum Gasteiger partial charge on any atom is -0.339 e. The summed E-state index contributed by atoms with van der Waals surface area (Å²) in [5.74, 6) is 0.840. The van der Waals surface area contributed by atoms with Crippen molar-refractivity contribution >= 4 is 23.2 Å². The largest absolute Gasteiger partial charge is 0.339 e. The monoisotopic (exact) mass is 355 g/mol. The van der Waals surface area contributed by atoms with Crippen LogP contribution in [0.15, 0.2) is 47.0 Å². The van der Waals surface area contributed by atoms with E-state index in [9.17, 15) is 4.79 Å². The maximum atomic E-state index is 12.2. The van der Waals surface area contributed by atoms with E-state index in [1.54, 1.807) is 12.1 Å². The number of aromatic nitrogens is 2. The summed E-state index contributed by atoms with van der Waals surface area (Å²) in [5, 5.41) is 7.54. The quantitative estimate of drug-likeness (QED) is 0.727. The van der Waals surface area contributed by atoms with Crippen LogP contribution in [0, 0.1) is 13.8 Å². The number of nitrogens with zero attached hydrogens (tertiary/aromatic N) is 2. The number of hydrogen-bond donors (Lipinski definition) is 1. The molecule has 128 valence electrons. The Kier molecular flexibility index (Phi) is 5.14. The Morgan fingerprint density at radius 1 is 1.12 bits per heavy atom. The van der Waals surface area contributed by atoms with Gasteiger partial charge in [0.05, 0.1) is 0 Å². The van der Waals surface area contributed by atoms with Gasteiger partial charge in [-0.05, 0) is 49.2 Å².